The van der Waals surface area contributed by atoms with Crippen LogP contribution in [-0.2, 0) is 33.9 Å². The van der Waals surface area contributed by atoms with Gasteiger partial charge in [0.2, 0.25) is 0 Å². The molecule has 2 fully saturated rings. The Morgan fingerprint density at radius 1 is 1.27 bits per heavy atom. The predicted octanol–water partition coefficient (Wildman–Crippen LogP) is -1.16. The third-order valence-electron chi connectivity index (χ3n) is 6.57. The molecule has 1 aromatic carbocycles. The third kappa shape index (κ3) is 7.58. The Balaban J connectivity index is 1.43. The van der Waals surface area contributed by atoms with E-state index in [4.69, 9.17) is 25.6 Å². The number of carbonyl (C=O) groups is 3. The van der Waals surface area contributed by atoms with Gasteiger partial charge < -0.3 is 36.4 Å². The highest BCUT2D eigenvalue weighted by molar-refractivity contribution is 7.80. The third-order valence-corrected chi connectivity index (χ3v) is 7.58. The average molecular weight is 655 g/mol. The molecule has 0 bridgehead atoms. The molecule has 2 aromatic rings. The smallest absolute Gasteiger partial charge is 0.418 e. The number of aliphatic imine (C=N–C) groups is 1. The molecule has 0 aliphatic carbocycles. The molecule has 2 amide bonds. The van der Waals surface area contributed by atoms with Crippen LogP contribution in [0.15, 0.2) is 39.8 Å². The molecule has 4 rings (SSSR count). The van der Waals surface area contributed by atoms with E-state index in [2.05, 4.69) is 29.6 Å². The highest BCUT2D eigenvalue weighted by Gasteiger charge is 2.58. The number of likely N-dealkylation sites (tertiary alicyclic amines) is 1. The number of nitrogens with zero attached hydrogens (tertiary/aromatic N) is 5. The predicted molar refractivity (Wildman–Crippen MR) is 155 cm³/mol. The molecule has 2 unspecified atom stereocenters. The van der Waals surface area contributed by atoms with Crippen LogP contribution in [-0.4, -0.2) is 113 Å². The van der Waals surface area contributed by atoms with E-state index in [0.717, 1.165) is 24.4 Å². The van der Waals surface area contributed by atoms with Crippen molar-refractivity contribution >= 4 is 56.2 Å². The Morgan fingerprint density at radius 2 is 1.93 bits per heavy atom. The van der Waals surface area contributed by atoms with Crippen LogP contribution in [0.4, 0.5) is 5.13 Å². The number of carboxylic acid groups (broad SMARTS) is 1. The standard InChI is InChI=1S/C24H30N8O10S2/c1-24(2)18(21(34)32(24)42-44(37,38)39)29-20(33)17(15-11-43-23(26)28-15)30-41-16(22(35)36)10-40-14-6-4-12(5-7-14)19(25)27-13-8-31(3)9-13/h4-7,11,13,16,18H,8-10H2,1-3H3,(H2,25,27)(H2,26,28)(H,29,33)(H,35,36)(H,37,38,39). The first-order valence-corrected chi connectivity index (χ1v) is 15.0. The van der Waals surface area contributed by atoms with E-state index in [9.17, 15) is 27.9 Å². The van der Waals surface area contributed by atoms with E-state index in [-0.39, 0.29) is 16.9 Å². The molecule has 7 N–H and O–H groups in total. The number of ether oxygens (including phenoxy) is 1. The van der Waals surface area contributed by atoms with Crippen LogP contribution in [0, 0.1) is 0 Å². The van der Waals surface area contributed by atoms with Crippen molar-refractivity contribution in [1.29, 1.82) is 0 Å². The lowest BCUT2D eigenvalue weighted by Gasteiger charge is -2.50. The zero-order valence-corrected chi connectivity index (χ0v) is 25.2. The molecular formula is C24H30N8O10S2. The number of β-lactam (4-membered cyclic amide) rings is 1. The zero-order chi connectivity index (χ0) is 32.4. The minimum atomic E-state index is -5.01. The van der Waals surface area contributed by atoms with Crippen molar-refractivity contribution in [2.24, 2.45) is 15.9 Å². The topological polar surface area (TPSA) is 262 Å². The molecule has 2 atom stereocenters. The fourth-order valence-electron chi connectivity index (χ4n) is 4.20. The van der Waals surface area contributed by atoms with Crippen LogP contribution in [0.2, 0.25) is 0 Å². The number of hydrogen-bond acceptors (Lipinski definition) is 14. The maximum atomic E-state index is 13.2. The molecular weight excluding hydrogens is 624 g/mol. The number of hydrogen-bond donors (Lipinski definition) is 5. The van der Waals surface area contributed by atoms with Crippen LogP contribution < -0.4 is 21.5 Å². The maximum Gasteiger partial charge on any atom is 0.418 e. The molecule has 18 nitrogen and oxygen atoms in total. The molecule has 3 heterocycles. The Labute approximate surface area is 255 Å². The number of nitrogens with one attached hydrogen (secondary N) is 1. The number of aromatic nitrogens is 1. The van der Waals surface area contributed by atoms with E-state index in [0.29, 0.717) is 22.2 Å². The summed E-state index contributed by atoms with van der Waals surface area (Å²) in [6.07, 6.45) is -1.68. The summed E-state index contributed by atoms with van der Waals surface area (Å²) in [7, 11) is -3.03. The SMILES string of the molecule is CN1CC(N=C(N)c2ccc(OCC(ON=C(C(=O)NC3C(=O)N(OS(=O)(=O)O)C3(C)C)c3csc(N)n3)C(=O)O)cc2)C1. The molecule has 1 aromatic heterocycles. The van der Waals surface area contributed by atoms with E-state index >= 15 is 0 Å². The van der Waals surface area contributed by atoms with Gasteiger partial charge in [-0.15, -0.1) is 15.6 Å². The fraction of sp³-hybridized carbons (Fsp3) is 0.417. The van der Waals surface area contributed by atoms with Crippen molar-refractivity contribution in [1.82, 2.24) is 20.3 Å². The van der Waals surface area contributed by atoms with Gasteiger partial charge in [-0.3, -0.25) is 19.1 Å². The number of anilines is 1. The van der Waals surface area contributed by atoms with Gasteiger partial charge in [-0.1, -0.05) is 5.16 Å². The average Bonchev–Trinajstić information content (AvgIpc) is 3.36. The first-order chi connectivity index (χ1) is 20.5. The molecule has 0 saturated carbocycles. The lowest BCUT2D eigenvalue weighted by molar-refractivity contribution is -0.218. The van der Waals surface area contributed by atoms with Crippen molar-refractivity contribution in [3.63, 3.8) is 0 Å². The fourth-order valence-corrected chi connectivity index (χ4v) is 5.20. The minimum absolute atomic E-state index is 0.0561. The summed E-state index contributed by atoms with van der Waals surface area (Å²) in [6.45, 7) is 3.85. The summed E-state index contributed by atoms with van der Waals surface area (Å²) < 4.78 is 40.9. The number of thiazole rings is 1. The van der Waals surface area contributed by atoms with Crippen LogP contribution in [0.1, 0.15) is 25.1 Å². The van der Waals surface area contributed by atoms with Crippen molar-refractivity contribution in [2.75, 3.05) is 32.5 Å². The largest absolute Gasteiger partial charge is 0.489 e. The summed E-state index contributed by atoms with van der Waals surface area (Å²) in [5.41, 5.74) is 10.4. The minimum Gasteiger partial charge on any atom is -0.489 e. The number of hydroxylamine groups is 2. The molecule has 2 aliphatic rings. The van der Waals surface area contributed by atoms with Crippen molar-refractivity contribution < 1.29 is 46.3 Å². The van der Waals surface area contributed by atoms with E-state index in [1.807, 2.05) is 7.05 Å². The van der Waals surface area contributed by atoms with Gasteiger partial charge in [0.1, 0.15) is 29.9 Å². The Hall–Kier alpha value is -4.37. The van der Waals surface area contributed by atoms with Gasteiger partial charge >= 0.3 is 16.4 Å². The van der Waals surface area contributed by atoms with Gasteiger partial charge in [-0.25, -0.2) is 9.78 Å². The molecule has 2 aliphatic heterocycles. The quantitative estimate of drug-likeness (QED) is 0.0561. The number of amides is 2. The molecule has 20 heteroatoms. The number of oxime groups is 1. The van der Waals surface area contributed by atoms with Gasteiger partial charge in [-0.05, 0) is 45.2 Å². The van der Waals surface area contributed by atoms with Crippen molar-refractivity contribution in [3.8, 4) is 5.75 Å². The summed E-state index contributed by atoms with van der Waals surface area (Å²) in [5.74, 6) is -2.81. The number of carboxylic acids is 1. The Bertz CT molecular complexity index is 1590. The zero-order valence-electron chi connectivity index (χ0n) is 23.6. The van der Waals surface area contributed by atoms with Crippen LogP contribution in [0.25, 0.3) is 0 Å². The van der Waals surface area contributed by atoms with Crippen LogP contribution in [0.5, 0.6) is 5.75 Å². The number of carbonyl (C=O) groups excluding carboxylic acids is 2. The summed E-state index contributed by atoms with van der Waals surface area (Å²) in [5, 5.41) is 17.5. The van der Waals surface area contributed by atoms with Gasteiger partial charge in [0, 0.05) is 24.0 Å². The van der Waals surface area contributed by atoms with Crippen LogP contribution >= 0.6 is 11.3 Å². The molecule has 2 saturated heterocycles. The summed E-state index contributed by atoms with van der Waals surface area (Å²) in [4.78, 5) is 53.2. The highest BCUT2D eigenvalue weighted by Crippen LogP contribution is 2.33. The van der Waals surface area contributed by atoms with Gasteiger partial charge in [-0.2, -0.15) is 13.5 Å². The number of likely N-dealkylation sites (N-methyl/N-ethyl adjacent to an activating group) is 1. The van der Waals surface area contributed by atoms with Crippen molar-refractivity contribution in [3.05, 3.63) is 40.9 Å². The normalized spacial score (nSPS) is 20.0. The Morgan fingerprint density at radius 3 is 2.45 bits per heavy atom. The molecule has 44 heavy (non-hydrogen) atoms. The summed E-state index contributed by atoms with van der Waals surface area (Å²) >= 11 is 0.955. The maximum absolute atomic E-state index is 13.2. The van der Waals surface area contributed by atoms with Gasteiger partial charge in [0.15, 0.2) is 10.8 Å². The number of benzene rings is 1. The number of nitrogen functional groups attached to an aromatic ring is 1. The number of aliphatic carboxylic acids is 1. The number of rotatable bonds is 13. The molecule has 0 radical (unpaired) electrons. The van der Waals surface area contributed by atoms with E-state index < -0.39 is 58.2 Å². The monoisotopic (exact) mass is 654 g/mol. The lowest BCUT2D eigenvalue weighted by Crippen LogP contribution is -2.76. The second-order valence-electron chi connectivity index (χ2n) is 10.4. The number of amidine groups is 1. The molecule has 238 valence electrons. The highest BCUT2D eigenvalue weighted by atomic mass is 32.3. The Kier molecular flexibility index (Phi) is 9.39. The summed E-state index contributed by atoms with van der Waals surface area (Å²) in [6, 6.07) is 5.31. The van der Waals surface area contributed by atoms with Crippen LogP contribution in [0.3, 0.4) is 0 Å². The van der Waals surface area contributed by atoms with Gasteiger partial charge in [0.05, 0.1) is 11.6 Å². The van der Waals surface area contributed by atoms with Gasteiger partial charge in [0.25, 0.3) is 17.9 Å². The van der Waals surface area contributed by atoms with E-state index in [1.165, 1.54) is 19.2 Å². The first kappa shape index (κ1) is 32.5. The lowest BCUT2D eigenvalue weighted by atomic mass is 9.84. The second-order valence-corrected chi connectivity index (χ2v) is 12.3. The van der Waals surface area contributed by atoms with E-state index in [1.54, 1.807) is 24.3 Å². The first-order valence-electron chi connectivity index (χ1n) is 12.8. The van der Waals surface area contributed by atoms with Crippen molar-refractivity contribution in [2.45, 2.75) is 37.6 Å². The molecule has 0 spiro atoms. The number of nitrogens with two attached hydrogens (primary N) is 2. The second kappa shape index (κ2) is 12.7.